The van der Waals surface area contributed by atoms with Gasteiger partial charge < -0.3 is 19.5 Å². The van der Waals surface area contributed by atoms with Crippen LogP contribution in [0, 0.1) is 0 Å². The van der Waals surface area contributed by atoms with Crippen molar-refractivity contribution >= 4 is 5.91 Å². The topological polar surface area (TPSA) is 56.8 Å². The first-order chi connectivity index (χ1) is 12.7. The Bertz CT molecular complexity index is 595. The van der Waals surface area contributed by atoms with Crippen LogP contribution >= 0.6 is 0 Å². The summed E-state index contributed by atoms with van der Waals surface area (Å²) in [6.45, 7) is 0.952. The number of ether oxygens (including phenoxy) is 3. The first-order valence-corrected chi connectivity index (χ1v) is 8.88. The minimum atomic E-state index is 0.0676. The molecule has 2 rings (SSSR count). The standard InChI is InChI=1S/C21H27NO4/c1-24-18-9-7-17(8-10-18)5-3-4-6-21(23)22-15-16-26-20-13-11-19(25-2)12-14-20/h7-14H,3-6,15-16H2,1-2H3,(H,22,23). The number of rotatable bonds is 11. The fourth-order valence-corrected chi connectivity index (χ4v) is 2.53. The van der Waals surface area contributed by atoms with E-state index in [2.05, 4.69) is 17.4 Å². The van der Waals surface area contributed by atoms with Gasteiger partial charge in [-0.3, -0.25) is 4.79 Å². The fraction of sp³-hybridized carbons (Fsp3) is 0.381. The molecule has 0 atom stereocenters. The van der Waals surface area contributed by atoms with Crippen LogP contribution in [0.4, 0.5) is 0 Å². The Hall–Kier alpha value is -2.69. The molecule has 0 spiro atoms. The van der Waals surface area contributed by atoms with Crippen LogP contribution in [0.5, 0.6) is 17.2 Å². The molecule has 140 valence electrons. The van der Waals surface area contributed by atoms with Crippen LogP contribution in [-0.2, 0) is 11.2 Å². The second-order valence-corrected chi connectivity index (χ2v) is 5.93. The maximum absolute atomic E-state index is 11.8. The summed E-state index contributed by atoms with van der Waals surface area (Å²) in [5, 5.41) is 2.88. The fourth-order valence-electron chi connectivity index (χ4n) is 2.53. The molecule has 0 unspecified atom stereocenters. The Morgan fingerprint density at radius 1 is 0.846 bits per heavy atom. The van der Waals surface area contributed by atoms with E-state index in [4.69, 9.17) is 14.2 Å². The third-order valence-corrected chi connectivity index (χ3v) is 4.03. The molecule has 0 aliphatic rings. The Balaban J connectivity index is 1.52. The highest BCUT2D eigenvalue weighted by atomic mass is 16.5. The summed E-state index contributed by atoms with van der Waals surface area (Å²) in [4.78, 5) is 11.8. The summed E-state index contributed by atoms with van der Waals surface area (Å²) in [6.07, 6.45) is 3.37. The number of amides is 1. The van der Waals surface area contributed by atoms with Crippen molar-refractivity contribution in [2.75, 3.05) is 27.4 Å². The van der Waals surface area contributed by atoms with Crippen LogP contribution in [0.1, 0.15) is 24.8 Å². The smallest absolute Gasteiger partial charge is 0.220 e. The number of carbonyl (C=O) groups is 1. The number of benzene rings is 2. The van der Waals surface area contributed by atoms with Gasteiger partial charge in [-0.25, -0.2) is 0 Å². The van der Waals surface area contributed by atoms with E-state index in [0.717, 1.165) is 36.5 Å². The van der Waals surface area contributed by atoms with Gasteiger partial charge in [0.2, 0.25) is 5.91 Å². The lowest BCUT2D eigenvalue weighted by atomic mass is 10.1. The van der Waals surface area contributed by atoms with Gasteiger partial charge in [-0.05, 0) is 61.2 Å². The second kappa shape index (κ2) is 11.0. The van der Waals surface area contributed by atoms with Crippen molar-refractivity contribution in [1.29, 1.82) is 0 Å². The average molecular weight is 357 g/mol. The lowest BCUT2D eigenvalue weighted by molar-refractivity contribution is -0.121. The van der Waals surface area contributed by atoms with Gasteiger partial charge in [0, 0.05) is 6.42 Å². The lowest BCUT2D eigenvalue weighted by Gasteiger charge is -2.08. The zero-order valence-corrected chi connectivity index (χ0v) is 15.5. The molecule has 1 amide bonds. The number of hydrogen-bond donors (Lipinski definition) is 1. The summed E-state index contributed by atoms with van der Waals surface area (Å²) in [5.41, 5.74) is 1.26. The van der Waals surface area contributed by atoms with E-state index in [-0.39, 0.29) is 5.91 Å². The van der Waals surface area contributed by atoms with Crippen molar-refractivity contribution in [1.82, 2.24) is 5.32 Å². The first kappa shape index (κ1) is 19.6. The van der Waals surface area contributed by atoms with Gasteiger partial charge in [0.05, 0.1) is 20.8 Å². The largest absolute Gasteiger partial charge is 0.497 e. The Labute approximate surface area is 155 Å². The predicted molar refractivity (Wildman–Crippen MR) is 102 cm³/mol. The SMILES string of the molecule is COc1ccc(CCCCC(=O)NCCOc2ccc(OC)cc2)cc1. The van der Waals surface area contributed by atoms with Crippen molar-refractivity contribution in [2.45, 2.75) is 25.7 Å². The number of hydrogen-bond acceptors (Lipinski definition) is 4. The average Bonchev–Trinajstić information content (AvgIpc) is 2.69. The minimum Gasteiger partial charge on any atom is -0.497 e. The highest BCUT2D eigenvalue weighted by molar-refractivity contribution is 5.75. The van der Waals surface area contributed by atoms with E-state index in [1.54, 1.807) is 14.2 Å². The Kier molecular flexibility index (Phi) is 8.33. The van der Waals surface area contributed by atoms with E-state index >= 15 is 0 Å². The van der Waals surface area contributed by atoms with Gasteiger partial charge in [0.1, 0.15) is 23.9 Å². The zero-order chi connectivity index (χ0) is 18.6. The molecule has 0 heterocycles. The van der Waals surface area contributed by atoms with Crippen LogP contribution in [0.3, 0.4) is 0 Å². The van der Waals surface area contributed by atoms with Crippen LogP contribution < -0.4 is 19.5 Å². The molecule has 2 aromatic rings. The normalized spacial score (nSPS) is 10.2. The lowest BCUT2D eigenvalue weighted by Crippen LogP contribution is -2.27. The monoisotopic (exact) mass is 357 g/mol. The van der Waals surface area contributed by atoms with Crippen molar-refractivity contribution in [3.05, 3.63) is 54.1 Å². The summed E-state index contributed by atoms with van der Waals surface area (Å²) < 4.78 is 15.8. The van der Waals surface area contributed by atoms with Crippen molar-refractivity contribution < 1.29 is 19.0 Å². The van der Waals surface area contributed by atoms with Crippen molar-refractivity contribution in [2.24, 2.45) is 0 Å². The molecule has 0 aliphatic carbocycles. The molecule has 2 aromatic carbocycles. The van der Waals surface area contributed by atoms with E-state index in [1.165, 1.54) is 5.56 Å². The summed E-state index contributed by atoms with van der Waals surface area (Å²) in [7, 11) is 3.29. The Morgan fingerprint density at radius 3 is 2.04 bits per heavy atom. The minimum absolute atomic E-state index is 0.0676. The number of unbranched alkanes of at least 4 members (excludes halogenated alkanes) is 1. The number of nitrogens with one attached hydrogen (secondary N) is 1. The predicted octanol–water partition coefficient (Wildman–Crippen LogP) is 3.61. The molecule has 0 radical (unpaired) electrons. The highest BCUT2D eigenvalue weighted by Crippen LogP contribution is 2.16. The molecular formula is C21H27NO4. The molecule has 0 bridgehead atoms. The van der Waals surface area contributed by atoms with Gasteiger partial charge in [0.15, 0.2) is 0 Å². The maximum Gasteiger partial charge on any atom is 0.220 e. The summed E-state index contributed by atoms with van der Waals surface area (Å²) >= 11 is 0. The third-order valence-electron chi connectivity index (χ3n) is 4.03. The second-order valence-electron chi connectivity index (χ2n) is 5.93. The molecule has 0 aromatic heterocycles. The number of methoxy groups -OCH3 is 2. The van der Waals surface area contributed by atoms with E-state index in [9.17, 15) is 4.79 Å². The summed E-state index contributed by atoms with van der Waals surface area (Å²) in [6, 6.07) is 15.4. The van der Waals surface area contributed by atoms with Crippen LogP contribution in [0.15, 0.2) is 48.5 Å². The molecule has 0 aliphatic heterocycles. The van der Waals surface area contributed by atoms with Crippen molar-refractivity contribution in [3.63, 3.8) is 0 Å². The zero-order valence-electron chi connectivity index (χ0n) is 15.5. The van der Waals surface area contributed by atoms with Gasteiger partial charge in [-0.15, -0.1) is 0 Å². The molecule has 1 N–H and O–H groups in total. The molecule has 0 saturated heterocycles. The number of aryl methyl sites for hydroxylation is 1. The Morgan fingerprint density at radius 2 is 1.42 bits per heavy atom. The van der Waals surface area contributed by atoms with E-state index in [1.807, 2.05) is 36.4 Å². The molecular weight excluding hydrogens is 330 g/mol. The molecule has 26 heavy (non-hydrogen) atoms. The quantitative estimate of drug-likeness (QED) is 0.624. The summed E-state index contributed by atoms with van der Waals surface area (Å²) in [5.74, 6) is 2.49. The van der Waals surface area contributed by atoms with Crippen LogP contribution in [0.25, 0.3) is 0 Å². The van der Waals surface area contributed by atoms with Gasteiger partial charge in [-0.2, -0.15) is 0 Å². The van der Waals surface area contributed by atoms with E-state index in [0.29, 0.717) is 19.6 Å². The van der Waals surface area contributed by atoms with Crippen LogP contribution in [-0.4, -0.2) is 33.3 Å². The molecule has 5 nitrogen and oxygen atoms in total. The van der Waals surface area contributed by atoms with E-state index < -0.39 is 0 Å². The highest BCUT2D eigenvalue weighted by Gasteiger charge is 2.02. The van der Waals surface area contributed by atoms with Crippen molar-refractivity contribution in [3.8, 4) is 17.2 Å². The molecule has 5 heteroatoms. The van der Waals surface area contributed by atoms with Gasteiger partial charge in [0.25, 0.3) is 0 Å². The number of carbonyl (C=O) groups excluding carboxylic acids is 1. The maximum atomic E-state index is 11.8. The molecule has 0 fully saturated rings. The van der Waals surface area contributed by atoms with Gasteiger partial charge in [-0.1, -0.05) is 12.1 Å². The first-order valence-electron chi connectivity index (χ1n) is 8.88. The molecule has 0 saturated carbocycles. The third kappa shape index (κ3) is 7.05. The van der Waals surface area contributed by atoms with Gasteiger partial charge >= 0.3 is 0 Å². The van der Waals surface area contributed by atoms with Crippen LogP contribution in [0.2, 0.25) is 0 Å².